The minimum Gasteiger partial charge on any atom is -0.289 e. The lowest BCUT2D eigenvalue weighted by molar-refractivity contribution is -0.131. The van der Waals surface area contributed by atoms with Gasteiger partial charge in [0.25, 0.3) is 5.91 Å². The molecule has 4 nitrogen and oxygen atoms in total. The summed E-state index contributed by atoms with van der Waals surface area (Å²) in [6.07, 6.45) is 4.72. The van der Waals surface area contributed by atoms with Gasteiger partial charge in [0, 0.05) is 0 Å². The molecule has 0 aromatic heterocycles. The van der Waals surface area contributed by atoms with Crippen LogP contribution in [-0.4, -0.2) is 22.3 Å². The van der Waals surface area contributed by atoms with Crippen molar-refractivity contribution in [2.24, 2.45) is 4.99 Å². The highest BCUT2D eigenvalue weighted by atomic mass is 32.2. The highest BCUT2D eigenvalue weighted by Crippen LogP contribution is 2.44. The summed E-state index contributed by atoms with van der Waals surface area (Å²) in [5, 5.41) is 2.34. The number of hydrogen-bond donors (Lipinski definition) is 1. The van der Waals surface area contributed by atoms with Crippen molar-refractivity contribution in [1.82, 2.24) is 5.01 Å². The van der Waals surface area contributed by atoms with Crippen LogP contribution in [0.2, 0.25) is 0 Å². The molecule has 1 aliphatic heterocycles. The van der Waals surface area contributed by atoms with Crippen molar-refractivity contribution < 1.29 is 4.79 Å². The van der Waals surface area contributed by atoms with E-state index < -0.39 is 5.54 Å². The second-order valence-corrected chi connectivity index (χ2v) is 6.86. The second kappa shape index (κ2) is 5.98. The van der Waals surface area contributed by atoms with Gasteiger partial charge in [-0.1, -0.05) is 54.2 Å². The number of aliphatic imine (C=N–C) groups is 1. The molecule has 1 spiro atoms. The highest BCUT2D eigenvalue weighted by molar-refractivity contribution is 8.13. The first-order valence-electron chi connectivity index (χ1n) is 8.13. The first-order valence-corrected chi connectivity index (χ1v) is 9.35. The van der Waals surface area contributed by atoms with Crippen molar-refractivity contribution in [3.05, 3.63) is 65.7 Å². The fourth-order valence-electron chi connectivity index (χ4n) is 3.56. The zero-order valence-corrected chi connectivity index (χ0v) is 14.3. The molecule has 0 bridgehead atoms. The number of benzene rings is 2. The Balaban J connectivity index is 1.75. The first kappa shape index (κ1) is 15.3. The SMILES string of the molecule is CSC1=NC2(CCCc3ccccc32)C(=O)N1Nc1ccccc1. The maximum Gasteiger partial charge on any atom is 0.280 e. The molecular formula is C19H19N3OS. The Bertz CT molecular complexity index is 805. The number of amidine groups is 1. The number of aryl methyl sites for hydroxylation is 1. The molecule has 1 atom stereocenters. The van der Waals surface area contributed by atoms with Crippen molar-refractivity contribution in [2.45, 2.75) is 24.8 Å². The van der Waals surface area contributed by atoms with E-state index in [1.165, 1.54) is 17.3 Å². The largest absolute Gasteiger partial charge is 0.289 e. The molecule has 0 saturated heterocycles. The lowest BCUT2D eigenvalue weighted by atomic mass is 9.76. The van der Waals surface area contributed by atoms with Gasteiger partial charge in [0.05, 0.1) is 5.69 Å². The molecule has 2 aromatic carbocycles. The van der Waals surface area contributed by atoms with Crippen LogP contribution in [0.1, 0.15) is 24.0 Å². The summed E-state index contributed by atoms with van der Waals surface area (Å²) < 4.78 is 0. The molecule has 24 heavy (non-hydrogen) atoms. The quantitative estimate of drug-likeness (QED) is 0.906. The van der Waals surface area contributed by atoms with Crippen molar-refractivity contribution >= 4 is 28.5 Å². The van der Waals surface area contributed by atoms with Gasteiger partial charge in [-0.25, -0.2) is 4.99 Å². The summed E-state index contributed by atoms with van der Waals surface area (Å²) in [4.78, 5) is 18.2. The van der Waals surface area contributed by atoms with Crippen molar-refractivity contribution in [2.75, 3.05) is 11.7 Å². The van der Waals surface area contributed by atoms with E-state index in [2.05, 4.69) is 17.6 Å². The number of hydrazine groups is 1. The topological polar surface area (TPSA) is 44.7 Å². The molecule has 0 radical (unpaired) electrons. The number of thioether (sulfide) groups is 1. The number of rotatable bonds is 2. The van der Waals surface area contributed by atoms with E-state index in [9.17, 15) is 4.79 Å². The summed E-state index contributed by atoms with van der Waals surface area (Å²) in [5.41, 5.74) is 5.64. The molecular weight excluding hydrogens is 318 g/mol. The van der Waals surface area contributed by atoms with E-state index in [4.69, 9.17) is 4.99 Å². The van der Waals surface area contributed by atoms with Crippen LogP contribution >= 0.6 is 11.8 Å². The molecule has 1 amide bonds. The van der Waals surface area contributed by atoms with Crippen molar-refractivity contribution in [1.29, 1.82) is 0 Å². The Morgan fingerprint density at radius 1 is 1.12 bits per heavy atom. The lowest BCUT2D eigenvalue weighted by Crippen LogP contribution is -2.44. The Labute approximate surface area is 145 Å². The molecule has 1 aliphatic carbocycles. The highest BCUT2D eigenvalue weighted by Gasteiger charge is 2.51. The normalized spacial score (nSPS) is 22.5. The molecule has 0 fully saturated rings. The van der Waals surface area contributed by atoms with Gasteiger partial charge in [-0.2, -0.15) is 5.01 Å². The maximum atomic E-state index is 13.4. The number of nitrogens with one attached hydrogen (secondary N) is 1. The summed E-state index contributed by atoms with van der Waals surface area (Å²) >= 11 is 1.50. The number of amides is 1. The second-order valence-electron chi connectivity index (χ2n) is 6.09. The summed E-state index contributed by atoms with van der Waals surface area (Å²) in [6.45, 7) is 0. The van der Waals surface area contributed by atoms with Gasteiger partial charge in [0.15, 0.2) is 10.7 Å². The van der Waals surface area contributed by atoms with Crippen LogP contribution in [0.5, 0.6) is 0 Å². The zero-order valence-electron chi connectivity index (χ0n) is 13.5. The average molecular weight is 337 g/mol. The van der Waals surface area contributed by atoms with E-state index in [0.29, 0.717) is 0 Å². The van der Waals surface area contributed by atoms with Gasteiger partial charge in [-0.05, 0) is 48.8 Å². The zero-order chi connectivity index (χ0) is 16.6. The Morgan fingerprint density at radius 3 is 2.67 bits per heavy atom. The number of carbonyl (C=O) groups excluding carboxylic acids is 1. The van der Waals surface area contributed by atoms with Gasteiger partial charge >= 0.3 is 0 Å². The van der Waals surface area contributed by atoms with Crippen LogP contribution in [0.4, 0.5) is 5.69 Å². The Morgan fingerprint density at radius 2 is 1.88 bits per heavy atom. The molecule has 4 rings (SSSR count). The number of carbonyl (C=O) groups is 1. The fraction of sp³-hybridized carbons (Fsp3) is 0.263. The summed E-state index contributed by atoms with van der Waals surface area (Å²) in [6, 6.07) is 18.0. The van der Waals surface area contributed by atoms with Crippen LogP contribution in [0.15, 0.2) is 59.6 Å². The smallest absolute Gasteiger partial charge is 0.280 e. The Hall–Kier alpha value is -2.27. The van der Waals surface area contributed by atoms with E-state index in [0.717, 1.165) is 35.7 Å². The van der Waals surface area contributed by atoms with Crippen LogP contribution in [-0.2, 0) is 16.8 Å². The predicted molar refractivity (Wildman–Crippen MR) is 98.9 cm³/mol. The standard InChI is InChI=1S/C19H19N3OS/c1-24-18-20-19(13-7-9-14-8-5-6-12-16(14)19)17(23)22(18)21-15-10-3-2-4-11-15/h2-6,8,10-12,21H,7,9,13H2,1H3. The molecule has 1 heterocycles. The minimum absolute atomic E-state index is 0.0165. The van der Waals surface area contributed by atoms with E-state index in [1.54, 1.807) is 5.01 Å². The van der Waals surface area contributed by atoms with E-state index in [1.807, 2.05) is 48.7 Å². The van der Waals surface area contributed by atoms with Crippen LogP contribution < -0.4 is 5.43 Å². The number of nitrogens with zero attached hydrogens (tertiary/aromatic N) is 2. The third-order valence-electron chi connectivity index (χ3n) is 4.68. The first-order chi connectivity index (χ1) is 11.7. The lowest BCUT2D eigenvalue weighted by Gasteiger charge is -2.32. The van der Waals surface area contributed by atoms with Gasteiger partial charge in [-0.3, -0.25) is 10.2 Å². The van der Waals surface area contributed by atoms with Gasteiger partial charge in [-0.15, -0.1) is 0 Å². The van der Waals surface area contributed by atoms with Crippen LogP contribution in [0.25, 0.3) is 0 Å². The molecule has 0 saturated carbocycles. The molecule has 2 aliphatic rings. The summed E-state index contributed by atoms with van der Waals surface area (Å²) in [7, 11) is 0. The van der Waals surface area contributed by atoms with Gasteiger partial charge in [0.2, 0.25) is 0 Å². The number of anilines is 1. The van der Waals surface area contributed by atoms with Crippen LogP contribution in [0.3, 0.4) is 0 Å². The number of hydrogen-bond acceptors (Lipinski definition) is 4. The maximum absolute atomic E-state index is 13.4. The predicted octanol–water partition coefficient (Wildman–Crippen LogP) is 3.81. The third-order valence-corrected chi connectivity index (χ3v) is 5.32. The van der Waals surface area contributed by atoms with Crippen molar-refractivity contribution in [3.8, 4) is 0 Å². The van der Waals surface area contributed by atoms with Crippen molar-refractivity contribution in [3.63, 3.8) is 0 Å². The van der Waals surface area contributed by atoms with E-state index >= 15 is 0 Å². The Kier molecular flexibility index (Phi) is 3.81. The fourth-order valence-corrected chi connectivity index (χ4v) is 4.12. The molecule has 5 heteroatoms. The molecule has 2 aromatic rings. The number of fused-ring (bicyclic) bond motifs is 2. The minimum atomic E-state index is -0.769. The monoisotopic (exact) mass is 337 g/mol. The average Bonchev–Trinajstić information content (AvgIpc) is 2.89. The summed E-state index contributed by atoms with van der Waals surface area (Å²) in [5.74, 6) is 0.0165. The van der Waals surface area contributed by atoms with Crippen LogP contribution in [0, 0.1) is 0 Å². The number of para-hydroxylation sites is 1. The van der Waals surface area contributed by atoms with E-state index in [-0.39, 0.29) is 5.91 Å². The van der Waals surface area contributed by atoms with Gasteiger partial charge in [0.1, 0.15) is 0 Å². The molecule has 1 unspecified atom stereocenters. The van der Waals surface area contributed by atoms with Gasteiger partial charge < -0.3 is 0 Å². The molecule has 1 N–H and O–H groups in total. The molecule has 122 valence electrons. The third kappa shape index (κ3) is 2.31.